The van der Waals surface area contributed by atoms with Gasteiger partial charge in [-0.2, -0.15) is 0 Å². The van der Waals surface area contributed by atoms with Crippen molar-refractivity contribution in [3.8, 4) is 0 Å². The second-order valence-electron chi connectivity index (χ2n) is 6.74. The lowest BCUT2D eigenvalue weighted by molar-refractivity contribution is -0.148. The van der Waals surface area contributed by atoms with Crippen LogP contribution in [0.3, 0.4) is 0 Å². The first-order chi connectivity index (χ1) is 6.93. The van der Waals surface area contributed by atoms with E-state index in [4.69, 9.17) is 5.11 Å². The van der Waals surface area contributed by atoms with E-state index in [1.54, 1.807) is 0 Å². The largest absolute Gasteiger partial charge is 0.481 e. The third-order valence-electron chi connectivity index (χ3n) is 2.50. The van der Waals surface area contributed by atoms with Crippen LogP contribution in [0.25, 0.3) is 0 Å². The highest BCUT2D eigenvalue weighted by atomic mass is 16.4. The molecule has 0 fully saturated rings. The summed E-state index contributed by atoms with van der Waals surface area (Å²) in [5, 5.41) is 9.10. The van der Waals surface area contributed by atoms with Crippen molar-refractivity contribution >= 4 is 11.8 Å². The molecule has 0 heterocycles. The maximum Gasteiger partial charge on any atom is 0.307 e. The van der Waals surface area contributed by atoms with E-state index in [0.29, 0.717) is 6.42 Å². The zero-order valence-corrected chi connectivity index (χ0v) is 11.3. The van der Waals surface area contributed by atoms with Crippen molar-refractivity contribution < 1.29 is 14.7 Å². The van der Waals surface area contributed by atoms with Crippen LogP contribution in [-0.2, 0) is 9.59 Å². The normalized spacial score (nSPS) is 14.6. The van der Waals surface area contributed by atoms with Gasteiger partial charge in [0.15, 0.2) is 0 Å². The summed E-state index contributed by atoms with van der Waals surface area (Å²) in [5.41, 5.74) is -0.447. The second-order valence-corrected chi connectivity index (χ2v) is 6.74. The van der Waals surface area contributed by atoms with Gasteiger partial charge in [-0.05, 0) is 10.8 Å². The van der Waals surface area contributed by atoms with Gasteiger partial charge in [0.25, 0.3) is 0 Å². The Balaban J connectivity index is 4.56. The predicted octanol–water partition coefficient (Wildman–Crippen LogP) is 3.13. The lowest BCUT2D eigenvalue weighted by atomic mass is 9.76. The molecule has 0 saturated heterocycles. The van der Waals surface area contributed by atoms with Gasteiger partial charge in [-0.15, -0.1) is 0 Å². The number of carboxylic acids is 1. The van der Waals surface area contributed by atoms with Gasteiger partial charge >= 0.3 is 5.97 Å². The summed E-state index contributed by atoms with van der Waals surface area (Å²) in [6.45, 7) is 11.5. The van der Waals surface area contributed by atoms with Crippen molar-refractivity contribution in [3.63, 3.8) is 0 Å². The van der Waals surface area contributed by atoms with E-state index < -0.39 is 11.9 Å². The molecule has 1 N–H and O–H groups in total. The molecule has 94 valence electrons. The van der Waals surface area contributed by atoms with Crippen LogP contribution in [-0.4, -0.2) is 16.9 Å². The standard InChI is InChI=1S/C13H24O3/c1-12(2,3)8-9(14)7-10(11(15)16)13(4,5)6/h10H,7-8H2,1-6H3,(H,15,16). The zero-order valence-electron chi connectivity index (χ0n) is 11.3. The van der Waals surface area contributed by atoms with Gasteiger partial charge in [0.05, 0.1) is 5.92 Å². The molecule has 3 heteroatoms. The minimum Gasteiger partial charge on any atom is -0.481 e. The number of hydrogen-bond donors (Lipinski definition) is 1. The molecule has 0 aliphatic carbocycles. The number of hydrogen-bond acceptors (Lipinski definition) is 2. The molecular formula is C13H24O3. The summed E-state index contributed by atoms with van der Waals surface area (Å²) in [5.74, 6) is -1.44. The number of rotatable bonds is 4. The molecule has 0 spiro atoms. The number of aliphatic carboxylic acids is 1. The van der Waals surface area contributed by atoms with Crippen molar-refractivity contribution in [2.75, 3.05) is 0 Å². The monoisotopic (exact) mass is 228 g/mol. The summed E-state index contributed by atoms with van der Waals surface area (Å²) in [4.78, 5) is 22.9. The zero-order chi connectivity index (χ0) is 13.1. The second kappa shape index (κ2) is 4.98. The van der Waals surface area contributed by atoms with Crippen LogP contribution in [0.1, 0.15) is 54.4 Å². The van der Waals surface area contributed by atoms with Gasteiger partial charge in [0.2, 0.25) is 0 Å². The van der Waals surface area contributed by atoms with Crippen molar-refractivity contribution in [3.05, 3.63) is 0 Å². The number of ketones is 1. The summed E-state index contributed by atoms with van der Waals surface area (Å²) >= 11 is 0. The highest BCUT2D eigenvalue weighted by Gasteiger charge is 2.33. The summed E-state index contributed by atoms with van der Waals surface area (Å²) in [6.07, 6.45) is 0.572. The van der Waals surface area contributed by atoms with Crippen LogP contribution in [0.2, 0.25) is 0 Å². The molecule has 0 aromatic heterocycles. The van der Waals surface area contributed by atoms with Crippen LogP contribution < -0.4 is 0 Å². The average molecular weight is 228 g/mol. The van der Waals surface area contributed by atoms with Crippen molar-refractivity contribution in [1.29, 1.82) is 0 Å². The summed E-state index contributed by atoms with van der Waals surface area (Å²) in [7, 11) is 0. The minimum absolute atomic E-state index is 0.0369. The van der Waals surface area contributed by atoms with E-state index in [9.17, 15) is 9.59 Å². The van der Waals surface area contributed by atoms with Gasteiger partial charge in [0.1, 0.15) is 5.78 Å². The molecule has 0 radical (unpaired) electrons. The average Bonchev–Trinajstić information content (AvgIpc) is 1.93. The molecule has 0 amide bonds. The van der Waals surface area contributed by atoms with E-state index in [1.165, 1.54) is 0 Å². The van der Waals surface area contributed by atoms with Crippen LogP contribution in [0.5, 0.6) is 0 Å². The Hall–Kier alpha value is -0.860. The lowest BCUT2D eigenvalue weighted by Crippen LogP contribution is -2.31. The van der Waals surface area contributed by atoms with Crippen molar-refractivity contribution in [2.45, 2.75) is 54.4 Å². The highest BCUT2D eigenvalue weighted by molar-refractivity contribution is 5.84. The maximum atomic E-state index is 11.8. The van der Waals surface area contributed by atoms with Gasteiger partial charge in [-0.1, -0.05) is 41.5 Å². The molecule has 0 aromatic rings. The van der Waals surface area contributed by atoms with Crippen LogP contribution in [0.4, 0.5) is 0 Å². The summed E-state index contributed by atoms with van der Waals surface area (Å²) < 4.78 is 0. The fourth-order valence-corrected chi connectivity index (χ4v) is 1.66. The third-order valence-corrected chi connectivity index (χ3v) is 2.50. The van der Waals surface area contributed by atoms with Crippen LogP contribution >= 0.6 is 0 Å². The topological polar surface area (TPSA) is 54.4 Å². The molecule has 1 atom stereocenters. The van der Waals surface area contributed by atoms with Gasteiger partial charge in [0, 0.05) is 12.8 Å². The lowest BCUT2D eigenvalue weighted by Gasteiger charge is -2.27. The Kier molecular flexibility index (Phi) is 4.71. The molecule has 0 aromatic carbocycles. The first kappa shape index (κ1) is 15.1. The molecular weight excluding hydrogens is 204 g/mol. The van der Waals surface area contributed by atoms with E-state index >= 15 is 0 Å². The molecule has 0 rings (SSSR count). The molecule has 3 nitrogen and oxygen atoms in total. The third kappa shape index (κ3) is 5.89. The maximum absolute atomic E-state index is 11.8. The van der Waals surface area contributed by atoms with E-state index in [2.05, 4.69) is 0 Å². The molecule has 16 heavy (non-hydrogen) atoms. The van der Waals surface area contributed by atoms with Crippen molar-refractivity contribution in [1.82, 2.24) is 0 Å². The fourth-order valence-electron chi connectivity index (χ4n) is 1.66. The number of Topliss-reactive ketones (excluding diaryl/α,β-unsaturated/α-hetero) is 1. The smallest absolute Gasteiger partial charge is 0.307 e. The molecule has 0 aliphatic rings. The molecule has 0 aliphatic heterocycles. The molecule has 0 bridgehead atoms. The van der Waals surface area contributed by atoms with E-state index in [1.807, 2.05) is 41.5 Å². The molecule has 0 saturated carbocycles. The number of carboxylic acid groups (broad SMARTS) is 1. The Labute approximate surface area is 98.2 Å². The number of carbonyl (C=O) groups is 2. The first-order valence-corrected chi connectivity index (χ1v) is 5.68. The summed E-state index contributed by atoms with van der Waals surface area (Å²) in [6, 6.07) is 0. The Morgan fingerprint density at radius 1 is 1.06 bits per heavy atom. The van der Waals surface area contributed by atoms with E-state index in [0.717, 1.165) is 0 Å². The van der Waals surface area contributed by atoms with E-state index in [-0.39, 0.29) is 23.0 Å². The van der Waals surface area contributed by atoms with Crippen LogP contribution in [0.15, 0.2) is 0 Å². The van der Waals surface area contributed by atoms with Gasteiger partial charge in [-0.25, -0.2) is 0 Å². The quantitative estimate of drug-likeness (QED) is 0.804. The Morgan fingerprint density at radius 2 is 1.50 bits per heavy atom. The predicted molar refractivity (Wildman–Crippen MR) is 64.3 cm³/mol. The highest BCUT2D eigenvalue weighted by Crippen LogP contribution is 2.31. The van der Waals surface area contributed by atoms with Crippen LogP contribution in [0, 0.1) is 16.7 Å². The minimum atomic E-state index is -0.880. The fraction of sp³-hybridized carbons (Fsp3) is 0.846. The first-order valence-electron chi connectivity index (χ1n) is 5.68. The SMILES string of the molecule is CC(C)(C)CC(=O)CC(C(=O)O)C(C)(C)C. The van der Waals surface area contributed by atoms with Gasteiger partial charge in [-0.3, -0.25) is 9.59 Å². The Bertz CT molecular complexity index is 266. The van der Waals surface area contributed by atoms with Gasteiger partial charge < -0.3 is 5.11 Å². The Morgan fingerprint density at radius 3 is 1.75 bits per heavy atom. The number of carbonyl (C=O) groups excluding carboxylic acids is 1. The van der Waals surface area contributed by atoms with Crippen molar-refractivity contribution in [2.24, 2.45) is 16.7 Å². The molecule has 1 unspecified atom stereocenters.